The van der Waals surface area contributed by atoms with Crippen molar-refractivity contribution in [1.82, 2.24) is 10.6 Å². The third kappa shape index (κ3) is 6.36. The molecule has 0 aliphatic heterocycles. The van der Waals surface area contributed by atoms with Crippen LogP contribution < -0.4 is 27.8 Å². The van der Waals surface area contributed by atoms with Gasteiger partial charge in [0, 0.05) is 0 Å². The molecule has 3 atom stereocenters. The van der Waals surface area contributed by atoms with Crippen molar-refractivity contribution in [3.63, 3.8) is 0 Å². The monoisotopic (exact) mass is 273 g/mol. The lowest BCUT2D eigenvalue weighted by Crippen LogP contribution is -2.54. The summed E-state index contributed by atoms with van der Waals surface area (Å²) >= 11 is 0. The molecule has 0 saturated heterocycles. The Morgan fingerprint density at radius 1 is 1.00 bits per heavy atom. The highest BCUT2D eigenvalue weighted by molar-refractivity contribution is 5.94. The van der Waals surface area contributed by atoms with Crippen LogP contribution >= 0.6 is 0 Å². The number of hydrogen-bond acceptors (Lipinski definition) is 5. The first-order valence-corrected chi connectivity index (χ1v) is 5.59. The summed E-state index contributed by atoms with van der Waals surface area (Å²) in [5, 5.41) is 4.55. The SMILES string of the molecule is C[C@H](N)C(=O)N[C@@H](C)C(=O)N[C@@H](CC(N)=O)C(N)=O. The van der Waals surface area contributed by atoms with E-state index in [1.54, 1.807) is 0 Å². The number of nitrogens with one attached hydrogen (secondary N) is 2. The largest absolute Gasteiger partial charge is 0.370 e. The van der Waals surface area contributed by atoms with E-state index in [4.69, 9.17) is 17.2 Å². The highest BCUT2D eigenvalue weighted by Gasteiger charge is 2.24. The van der Waals surface area contributed by atoms with Gasteiger partial charge in [-0.3, -0.25) is 19.2 Å². The maximum absolute atomic E-state index is 11.7. The molecule has 0 heterocycles. The minimum Gasteiger partial charge on any atom is -0.370 e. The quantitative estimate of drug-likeness (QED) is 0.326. The number of amides is 4. The van der Waals surface area contributed by atoms with Gasteiger partial charge in [-0.25, -0.2) is 0 Å². The standard InChI is InChI=1S/C10H19N5O4/c1-4(11)9(18)14-5(2)10(19)15-6(8(13)17)3-7(12)16/h4-6H,3,11H2,1-2H3,(H2,12,16)(H2,13,17)(H,14,18)(H,15,19)/t4-,5-,6-/m0/s1. The Balaban J connectivity index is 4.51. The Kier molecular flexibility index (Phi) is 6.48. The molecule has 0 aromatic rings. The zero-order chi connectivity index (χ0) is 15.2. The Hall–Kier alpha value is -2.16. The van der Waals surface area contributed by atoms with Crippen molar-refractivity contribution in [2.24, 2.45) is 17.2 Å². The Labute approximate surface area is 110 Å². The summed E-state index contributed by atoms with van der Waals surface area (Å²) in [6.07, 6.45) is -0.408. The van der Waals surface area contributed by atoms with E-state index in [1.807, 2.05) is 0 Å². The predicted octanol–water partition coefficient (Wildman–Crippen LogP) is -3.32. The fraction of sp³-hybridized carbons (Fsp3) is 0.600. The average Bonchev–Trinajstić information content (AvgIpc) is 2.26. The highest BCUT2D eigenvalue weighted by Crippen LogP contribution is 1.93. The second-order valence-electron chi connectivity index (χ2n) is 4.15. The molecule has 9 nitrogen and oxygen atoms in total. The molecule has 0 aromatic carbocycles. The van der Waals surface area contributed by atoms with E-state index < -0.39 is 48.2 Å². The molecule has 4 amide bonds. The molecule has 0 unspecified atom stereocenters. The van der Waals surface area contributed by atoms with Crippen LogP contribution in [-0.2, 0) is 19.2 Å². The topological polar surface area (TPSA) is 170 Å². The minimum absolute atomic E-state index is 0.408. The van der Waals surface area contributed by atoms with E-state index in [0.717, 1.165) is 0 Å². The molecule has 108 valence electrons. The Morgan fingerprint density at radius 2 is 1.53 bits per heavy atom. The lowest BCUT2D eigenvalue weighted by molar-refractivity contribution is -0.132. The highest BCUT2D eigenvalue weighted by atomic mass is 16.2. The summed E-state index contributed by atoms with van der Waals surface area (Å²) in [5.74, 6) is -2.86. The fourth-order valence-corrected chi connectivity index (χ4v) is 1.13. The first-order valence-electron chi connectivity index (χ1n) is 5.59. The molecule has 0 radical (unpaired) electrons. The molecule has 0 rings (SSSR count). The molecule has 0 aromatic heterocycles. The van der Waals surface area contributed by atoms with Gasteiger partial charge in [0.1, 0.15) is 12.1 Å². The third-order valence-electron chi connectivity index (χ3n) is 2.23. The number of hydrogen-bond donors (Lipinski definition) is 5. The molecule has 8 N–H and O–H groups in total. The molecular formula is C10H19N5O4. The average molecular weight is 273 g/mol. The zero-order valence-electron chi connectivity index (χ0n) is 10.8. The van der Waals surface area contributed by atoms with Gasteiger partial charge in [0.2, 0.25) is 23.6 Å². The van der Waals surface area contributed by atoms with E-state index in [1.165, 1.54) is 13.8 Å². The number of nitrogens with two attached hydrogens (primary N) is 3. The number of carbonyl (C=O) groups is 4. The van der Waals surface area contributed by atoms with E-state index in [-0.39, 0.29) is 0 Å². The summed E-state index contributed by atoms with van der Waals surface area (Å²) in [5.41, 5.74) is 15.3. The lowest BCUT2D eigenvalue weighted by Gasteiger charge is -2.19. The van der Waals surface area contributed by atoms with Gasteiger partial charge in [-0.2, -0.15) is 0 Å². The predicted molar refractivity (Wildman–Crippen MR) is 66.2 cm³/mol. The molecule has 0 aliphatic rings. The van der Waals surface area contributed by atoms with Gasteiger partial charge < -0.3 is 27.8 Å². The number of carbonyl (C=O) groups excluding carboxylic acids is 4. The summed E-state index contributed by atoms with van der Waals surface area (Å²) in [6.45, 7) is 2.86. The van der Waals surface area contributed by atoms with Gasteiger partial charge in [-0.1, -0.05) is 0 Å². The van der Waals surface area contributed by atoms with Gasteiger partial charge in [0.05, 0.1) is 12.5 Å². The first-order chi connectivity index (χ1) is 8.65. The van der Waals surface area contributed by atoms with Crippen molar-refractivity contribution in [2.45, 2.75) is 38.4 Å². The van der Waals surface area contributed by atoms with Crippen molar-refractivity contribution in [2.75, 3.05) is 0 Å². The van der Waals surface area contributed by atoms with E-state index in [2.05, 4.69) is 10.6 Å². The van der Waals surface area contributed by atoms with Gasteiger partial charge in [0.25, 0.3) is 0 Å². The first kappa shape index (κ1) is 16.8. The van der Waals surface area contributed by atoms with Crippen LogP contribution in [0.1, 0.15) is 20.3 Å². The second kappa shape index (κ2) is 7.31. The molecule has 0 aliphatic carbocycles. The van der Waals surface area contributed by atoms with Crippen molar-refractivity contribution < 1.29 is 19.2 Å². The van der Waals surface area contributed by atoms with Crippen LogP contribution in [0.5, 0.6) is 0 Å². The normalized spacial score (nSPS) is 14.9. The Morgan fingerprint density at radius 3 is 1.89 bits per heavy atom. The van der Waals surface area contributed by atoms with Crippen LogP contribution in [0.3, 0.4) is 0 Å². The molecule has 19 heavy (non-hydrogen) atoms. The third-order valence-corrected chi connectivity index (χ3v) is 2.23. The maximum Gasteiger partial charge on any atom is 0.242 e. The molecule has 0 spiro atoms. The molecule has 9 heteroatoms. The summed E-state index contributed by atoms with van der Waals surface area (Å²) in [4.78, 5) is 44.7. The van der Waals surface area contributed by atoms with Crippen molar-refractivity contribution >= 4 is 23.6 Å². The molecule has 0 saturated carbocycles. The summed E-state index contributed by atoms with van der Waals surface area (Å²) < 4.78 is 0. The fourth-order valence-electron chi connectivity index (χ4n) is 1.13. The number of primary amides is 2. The van der Waals surface area contributed by atoms with Gasteiger partial charge in [-0.15, -0.1) is 0 Å². The van der Waals surface area contributed by atoms with E-state index in [0.29, 0.717) is 0 Å². The second-order valence-corrected chi connectivity index (χ2v) is 4.15. The summed E-state index contributed by atoms with van der Waals surface area (Å²) in [7, 11) is 0. The molecule has 0 fully saturated rings. The van der Waals surface area contributed by atoms with Crippen LogP contribution in [0, 0.1) is 0 Å². The Bertz CT molecular complexity index is 382. The van der Waals surface area contributed by atoms with Crippen molar-refractivity contribution in [3.05, 3.63) is 0 Å². The van der Waals surface area contributed by atoms with Crippen LogP contribution in [0.2, 0.25) is 0 Å². The number of rotatable bonds is 7. The van der Waals surface area contributed by atoms with Crippen molar-refractivity contribution in [3.8, 4) is 0 Å². The van der Waals surface area contributed by atoms with Crippen LogP contribution in [-0.4, -0.2) is 41.8 Å². The van der Waals surface area contributed by atoms with E-state index in [9.17, 15) is 19.2 Å². The van der Waals surface area contributed by atoms with Gasteiger partial charge in [-0.05, 0) is 13.8 Å². The summed E-state index contributed by atoms with van der Waals surface area (Å²) in [6, 6.07) is -2.90. The zero-order valence-corrected chi connectivity index (χ0v) is 10.8. The smallest absolute Gasteiger partial charge is 0.242 e. The van der Waals surface area contributed by atoms with Crippen LogP contribution in [0.15, 0.2) is 0 Å². The van der Waals surface area contributed by atoms with Gasteiger partial charge >= 0.3 is 0 Å². The molecular weight excluding hydrogens is 254 g/mol. The van der Waals surface area contributed by atoms with Crippen molar-refractivity contribution in [1.29, 1.82) is 0 Å². The molecule has 0 bridgehead atoms. The lowest BCUT2D eigenvalue weighted by atomic mass is 10.1. The van der Waals surface area contributed by atoms with Crippen LogP contribution in [0.4, 0.5) is 0 Å². The van der Waals surface area contributed by atoms with E-state index >= 15 is 0 Å². The van der Waals surface area contributed by atoms with Gasteiger partial charge in [0.15, 0.2) is 0 Å². The minimum atomic E-state index is -1.21. The van der Waals surface area contributed by atoms with Crippen LogP contribution in [0.25, 0.3) is 0 Å². The maximum atomic E-state index is 11.7.